The number of esters is 2. The zero-order valence-electron chi connectivity index (χ0n) is 37.5. The summed E-state index contributed by atoms with van der Waals surface area (Å²) in [6.45, 7) is 3.72. The SMILES string of the molecule is CCCCCCCCCCCCCCCCCC(=O)OC[C@H](COP(=O)([O-])OCC[N+](C)(C)C)OC(=O)CCC[C@H](O)[C@@H](O)/C=C/C=C/C=C\C=C\[C@@H](O)CCCCC. The normalized spacial score (nSPS) is 15.6. The molecule has 0 saturated heterocycles. The summed E-state index contributed by atoms with van der Waals surface area (Å²) in [5.41, 5.74) is 0. The van der Waals surface area contributed by atoms with Gasteiger partial charge < -0.3 is 43.2 Å². The molecule has 1 unspecified atom stereocenters. The standard InChI is InChI=1S/C46H84NO11P/c1-6-8-10-11-12-13-14-15-16-17-18-19-20-25-29-35-45(51)55-39-42(40-57-59(53,54)56-38-37-47(3,4)5)58-46(52)36-30-34-44(50)43(49)33-28-24-22-21-23-27-32-41(48)31-26-9-7-2/h21-24,27-28,32-33,41-44,48-50H,6-20,25-26,29-31,34-40H2,1-5H3/b23-21-,24-22+,32-27+,33-28+/t41-,42+,43-,44-/m0/s1. The van der Waals surface area contributed by atoms with Crippen LogP contribution in [0.25, 0.3) is 0 Å². The van der Waals surface area contributed by atoms with Gasteiger partial charge in [0.2, 0.25) is 0 Å². The monoisotopic (exact) mass is 858 g/mol. The topological polar surface area (TPSA) is 172 Å². The first-order valence-electron chi connectivity index (χ1n) is 22.7. The second-order valence-corrected chi connectivity index (χ2v) is 18.0. The van der Waals surface area contributed by atoms with E-state index in [1.54, 1.807) is 42.5 Å². The minimum Gasteiger partial charge on any atom is -0.756 e. The van der Waals surface area contributed by atoms with Crippen molar-refractivity contribution in [3.63, 3.8) is 0 Å². The molecule has 0 aliphatic heterocycles. The zero-order chi connectivity index (χ0) is 44.0. The highest BCUT2D eigenvalue weighted by Crippen LogP contribution is 2.38. The number of unbranched alkanes of at least 4 members (excludes halogenated alkanes) is 16. The molecule has 0 aliphatic rings. The molecule has 344 valence electrons. The number of hydrogen-bond donors (Lipinski definition) is 3. The van der Waals surface area contributed by atoms with Crippen molar-refractivity contribution in [2.45, 2.75) is 186 Å². The van der Waals surface area contributed by atoms with Gasteiger partial charge in [0.1, 0.15) is 19.8 Å². The molecule has 0 amide bonds. The largest absolute Gasteiger partial charge is 0.756 e. The fourth-order valence-corrected chi connectivity index (χ4v) is 6.71. The van der Waals surface area contributed by atoms with E-state index in [2.05, 4.69) is 13.8 Å². The molecule has 59 heavy (non-hydrogen) atoms. The van der Waals surface area contributed by atoms with Crippen LogP contribution < -0.4 is 4.89 Å². The molecular weight excluding hydrogens is 773 g/mol. The summed E-state index contributed by atoms with van der Waals surface area (Å²) in [7, 11) is 0.948. The molecule has 0 aromatic carbocycles. The summed E-state index contributed by atoms with van der Waals surface area (Å²) < 4.78 is 33.6. The van der Waals surface area contributed by atoms with Crippen LogP contribution in [0.4, 0.5) is 0 Å². The molecular formula is C46H84NO11P. The lowest BCUT2D eigenvalue weighted by molar-refractivity contribution is -0.870. The molecule has 0 aromatic heterocycles. The number of allylic oxidation sites excluding steroid dienone is 6. The Morgan fingerprint density at radius 1 is 0.610 bits per heavy atom. The van der Waals surface area contributed by atoms with Gasteiger partial charge in [0, 0.05) is 12.8 Å². The molecule has 0 rings (SSSR count). The Morgan fingerprint density at radius 2 is 1.10 bits per heavy atom. The molecule has 0 fully saturated rings. The Hall–Kier alpha value is -2.15. The van der Waals surface area contributed by atoms with Crippen molar-refractivity contribution in [3.05, 3.63) is 48.6 Å². The molecule has 0 aliphatic carbocycles. The Bertz CT molecular complexity index is 1200. The molecule has 0 radical (unpaired) electrons. The third-order valence-electron chi connectivity index (χ3n) is 9.72. The van der Waals surface area contributed by atoms with Gasteiger partial charge in [-0.3, -0.25) is 14.2 Å². The number of carbonyl (C=O) groups excluding carboxylic acids is 2. The molecule has 0 bridgehead atoms. The van der Waals surface area contributed by atoms with E-state index >= 15 is 0 Å². The van der Waals surface area contributed by atoms with Crippen molar-refractivity contribution in [2.24, 2.45) is 0 Å². The van der Waals surface area contributed by atoms with Crippen molar-refractivity contribution in [2.75, 3.05) is 47.5 Å². The molecule has 0 heterocycles. The fraction of sp³-hybridized carbons (Fsp3) is 0.783. The smallest absolute Gasteiger partial charge is 0.306 e. The predicted molar refractivity (Wildman–Crippen MR) is 235 cm³/mol. The summed E-state index contributed by atoms with van der Waals surface area (Å²) >= 11 is 0. The number of nitrogens with zero attached hydrogens (tertiary/aromatic N) is 1. The minimum absolute atomic E-state index is 0.0949. The maximum atomic E-state index is 12.7. The van der Waals surface area contributed by atoms with Crippen LogP contribution >= 0.6 is 7.82 Å². The second kappa shape index (κ2) is 37.6. The van der Waals surface area contributed by atoms with E-state index in [0.29, 0.717) is 17.4 Å². The Kier molecular flexibility index (Phi) is 36.2. The number of ether oxygens (including phenoxy) is 2. The highest BCUT2D eigenvalue weighted by atomic mass is 31.2. The van der Waals surface area contributed by atoms with E-state index in [0.717, 1.165) is 44.9 Å². The van der Waals surface area contributed by atoms with Crippen molar-refractivity contribution in [1.82, 2.24) is 0 Å². The van der Waals surface area contributed by atoms with Crippen LogP contribution in [0.1, 0.15) is 162 Å². The number of aliphatic hydroxyl groups is 3. The number of carbonyl (C=O) groups is 2. The van der Waals surface area contributed by atoms with E-state index in [-0.39, 0.29) is 38.9 Å². The van der Waals surface area contributed by atoms with Crippen LogP contribution in [0.5, 0.6) is 0 Å². The fourth-order valence-electron chi connectivity index (χ4n) is 5.98. The van der Waals surface area contributed by atoms with Gasteiger partial charge in [0.25, 0.3) is 7.82 Å². The van der Waals surface area contributed by atoms with Gasteiger partial charge in [-0.25, -0.2) is 0 Å². The molecule has 0 aromatic rings. The second-order valence-electron chi connectivity index (χ2n) is 16.6. The van der Waals surface area contributed by atoms with Gasteiger partial charge in [-0.15, -0.1) is 0 Å². The lowest BCUT2D eigenvalue weighted by Crippen LogP contribution is -2.37. The van der Waals surface area contributed by atoms with Crippen molar-refractivity contribution < 1.29 is 57.4 Å². The van der Waals surface area contributed by atoms with Crippen LogP contribution in [0.3, 0.4) is 0 Å². The van der Waals surface area contributed by atoms with Crippen LogP contribution in [0, 0.1) is 0 Å². The van der Waals surface area contributed by atoms with E-state index in [1.165, 1.54) is 76.7 Å². The first-order chi connectivity index (χ1) is 28.2. The van der Waals surface area contributed by atoms with Gasteiger partial charge in [0.05, 0.1) is 46.1 Å². The Morgan fingerprint density at radius 3 is 1.66 bits per heavy atom. The van der Waals surface area contributed by atoms with Crippen LogP contribution in [-0.4, -0.2) is 104 Å². The highest BCUT2D eigenvalue weighted by Gasteiger charge is 2.22. The van der Waals surface area contributed by atoms with E-state index in [1.807, 2.05) is 21.1 Å². The summed E-state index contributed by atoms with van der Waals surface area (Å²) in [4.78, 5) is 37.6. The number of hydrogen-bond acceptors (Lipinski definition) is 11. The minimum atomic E-state index is -4.72. The summed E-state index contributed by atoms with van der Waals surface area (Å²) in [6, 6.07) is 0. The van der Waals surface area contributed by atoms with Crippen LogP contribution in [0.2, 0.25) is 0 Å². The van der Waals surface area contributed by atoms with Crippen LogP contribution in [-0.2, 0) is 32.7 Å². The van der Waals surface area contributed by atoms with E-state index in [4.69, 9.17) is 18.5 Å². The Balaban J connectivity index is 4.68. The Labute approximate surface area is 358 Å². The molecule has 12 nitrogen and oxygen atoms in total. The maximum absolute atomic E-state index is 12.7. The number of phosphoric acid groups is 1. The summed E-state index contributed by atoms with van der Waals surface area (Å²) in [5, 5.41) is 30.6. The number of rotatable bonds is 40. The van der Waals surface area contributed by atoms with Gasteiger partial charge >= 0.3 is 11.9 Å². The number of aliphatic hydroxyl groups excluding tert-OH is 3. The highest BCUT2D eigenvalue weighted by molar-refractivity contribution is 7.45. The third-order valence-corrected chi connectivity index (χ3v) is 10.7. The van der Waals surface area contributed by atoms with Crippen molar-refractivity contribution in [1.29, 1.82) is 0 Å². The maximum Gasteiger partial charge on any atom is 0.306 e. The average Bonchev–Trinajstić information content (AvgIpc) is 3.17. The van der Waals surface area contributed by atoms with Crippen molar-refractivity contribution in [3.8, 4) is 0 Å². The van der Waals surface area contributed by atoms with Gasteiger partial charge in [-0.2, -0.15) is 0 Å². The van der Waals surface area contributed by atoms with E-state index in [9.17, 15) is 34.4 Å². The van der Waals surface area contributed by atoms with Crippen molar-refractivity contribution >= 4 is 19.8 Å². The number of phosphoric ester groups is 1. The first-order valence-corrected chi connectivity index (χ1v) is 24.1. The van der Waals surface area contributed by atoms with Gasteiger partial charge in [-0.1, -0.05) is 172 Å². The van der Waals surface area contributed by atoms with Gasteiger partial charge in [-0.05, 0) is 25.7 Å². The summed E-state index contributed by atoms with van der Waals surface area (Å²) in [5.74, 6) is -1.16. The molecule has 0 spiro atoms. The summed E-state index contributed by atoms with van der Waals surface area (Å²) in [6.07, 6.45) is 32.2. The predicted octanol–water partition coefficient (Wildman–Crippen LogP) is 8.97. The van der Waals surface area contributed by atoms with Gasteiger partial charge in [0.15, 0.2) is 6.10 Å². The third kappa shape index (κ3) is 39.7. The molecule has 3 N–H and O–H groups in total. The van der Waals surface area contributed by atoms with Crippen LogP contribution in [0.15, 0.2) is 48.6 Å². The molecule has 5 atom stereocenters. The number of likely N-dealkylation sites (N-methyl/N-ethyl adjacent to an activating group) is 1. The lowest BCUT2D eigenvalue weighted by Gasteiger charge is -2.28. The lowest BCUT2D eigenvalue weighted by atomic mass is 10.0. The first kappa shape index (κ1) is 56.9. The quantitative estimate of drug-likeness (QED) is 0.0177. The van der Waals surface area contributed by atoms with E-state index < -0.39 is 50.8 Å². The molecule has 0 saturated carbocycles. The molecule has 13 heteroatoms. The zero-order valence-corrected chi connectivity index (χ0v) is 38.4. The number of quaternary nitrogens is 1. The average molecular weight is 858 g/mol.